The maximum Gasteiger partial charge on any atom is 0.157 e. The van der Waals surface area contributed by atoms with E-state index in [9.17, 15) is 4.79 Å². The minimum atomic E-state index is -0.849. The largest absolute Gasteiger partial charge is 0.315 e. The van der Waals surface area contributed by atoms with Gasteiger partial charge in [-0.2, -0.15) is 0 Å². The van der Waals surface area contributed by atoms with Gasteiger partial charge >= 0.3 is 0 Å². The van der Waals surface area contributed by atoms with Gasteiger partial charge in [-0.15, -0.1) is 0 Å². The van der Waals surface area contributed by atoms with Gasteiger partial charge in [-0.3, -0.25) is 4.79 Å². The lowest BCUT2D eigenvalue weighted by Gasteiger charge is -2.29. The van der Waals surface area contributed by atoms with Crippen LogP contribution in [0, 0.1) is 5.92 Å². The van der Waals surface area contributed by atoms with Gasteiger partial charge in [0.05, 0.1) is 0 Å². The van der Waals surface area contributed by atoms with Crippen LogP contribution in [0.4, 0.5) is 0 Å². The van der Waals surface area contributed by atoms with Crippen molar-refractivity contribution in [3.05, 3.63) is 71.8 Å². The summed E-state index contributed by atoms with van der Waals surface area (Å²) in [5, 5.41) is 0. The van der Waals surface area contributed by atoms with Crippen LogP contribution in [-0.2, 0) is 16.8 Å². The van der Waals surface area contributed by atoms with E-state index >= 15 is 0 Å². The van der Waals surface area contributed by atoms with Gasteiger partial charge in [0.1, 0.15) is 5.54 Å². The second-order valence-electron chi connectivity index (χ2n) is 7.40. The fraction of sp³-hybridized carbons (Fsp3) is 0.435. The molecular weight excluding hydrogens is 306 g/mol. The van der Waals surface area contributed by atoms with E-state index in [-0.39, 0.29) is 5.78 Å². The van der Waals surface area contributed by atoms with Gasteiger partial charge < -0.3 is 5.73 Å². The Balaban J connectivity index is 1.93. The summed E-state index contributed by atoms with van der Waals surface area (Å²) in [7, 11) is 0. The van der Waals surface area contributed by atoms with Crippen LogP contribution in [0.5, 0.6) is 0 Å². The highest BCUT2D eigenvalue weighted by atomic mass is 16.1. The van der Waals surface area contributed by atoms with Crippen molar-refractivity contribution in [2.45, 2.75) is 57.9 Å². The maximum atomic E-state index is 12.8. The standard InChI is InChI=1S/C23H31NO/c1-19(2)18-22(25)23(24,21-15-9-4-10-16-21)17-11-5-8-14-20-12-6-3-7-13-20/h3-4,6-7,9-10,12-13,15-16,19H,5,8,11,14,17-18,24H2,1-2H3. The molecule has 0 radical (unpaired) electrons. The third-order valence-corrected chi connectivity index (χ3v) is 4.76. The van der Waals surface area contributed by atoms with E-state index < -0.39 is 5.54 Å². The smallest absolute Gasteiger partial charge is 0.157 e. The van der Waals surface area contributed by atoms with Gasteiger partial charge in [-0.05, 0) is 36.3 Å². The van der Waals surface area contributed by atoms with Crippen LogP contribution in [0.1, 0.15) is 57.1 Å². The Morgan fingerprint density at radius 1 is 0.920 bits per heavy atom. The van der Waals surface area contributed by atoms with Gasteiger partial charge in [0.15, 0.2) is 5.78 Å². The van der Waals surface area contributed by atoms with Crippen molar-refractivity contribution < 1.29 is 4.79 Å². The summed E-state index contributed by atoms with van der Waals surface area (Å²) in [5.74, 6) is 0.494. The molecule has 2 aromatic rings. The lowest BCUT2D eigenvalue weighted by molar-refractivity contribution is -0.125. The van der Waals surface area contributed by atoms with Crippen LogP contribution < -0.4 is 5.73 Å². The van der Waals surface area contributed by atoms with Gasteiger partial charge in [0, 0.05) is 6.42 Å². The number of unbranched alkanes of at least 4 members (excludes halogenated alkanes) is 2. The molecule has 0 saturated heterocycles. The summed E-state index contributed by atoms with van der Waals surface area (Å²) >= 11 is 0. The first-order valence-corrected chi connectivity index (χ1v) is 9.44. The molecular formula is C23H31NO. The summed E-state index contributed by atoms with van der Waals surface area (Å²) in [5.41, 5.74) is 8.13. The molecule has 0 aliphatic heterocycles. The third-order valence-electron chi connectivity index (χ3n) is 4.76. The Kier molecular flexibility index (Phi) is 7.39. The van der Waals surface area contributed by atoms with Crippen molar-refractivity contribution in [2.24, 2.45) is 11.7 Å². The normalized spacial score (nSPS) is 13.6. The summed E-state index contributed by atoms with van der Waals surface area (Å²) < 4.78 is 0. The van der Waals surface area contributed by atoms with Gasteiger partial charge in [-0.1, -0.05) is 87.4 Å². The van der Waals surface area contributed by atoms with Crippen molar-refractivity contribution in [1.29, 1.82) is 0 Å². The molecule has 0 fully saturated rings. The van der Waals surface area contributed by atoms with Crippen molar-refractivity contribution in [2.75, 3.05) is 0 Å². The quantitative estimate of drug-likeness (QED) is 0.601. The van der Waals surface area contributed by atoms with Crippen LogP contribution in [0.15, 0.2) is 60.7 Å². The molecule has 0 aromatic heterocycles. The summed E-state index contributed by atoms with van der Waals surface area (Å²) in [6, 6.07) is 20.4. The highest BCUT2D eigenvalue weighted by molar-refractivity contribution is 5.89. The molecule has 0 spiro atoms. The monoisotopic (exact) mass is 337 g/mol. The molecule has 0 saturated carbocycles. The Bertz CT molecular complexity index is 636. The average Bonchev–Trinajstić information content (AvgIpc) is 2.62. The molecule has 134 valence electrons. The Morgan fingerprint density at radius 2 is 1.52 bits per heavy atom. The van der Waals surface area contributed by atoms with Crippen molar-refractivity contribution in [3.8, 4) is 0 Å². The molecule has 1 atom stereocenters. The molecule has 0 heterocycles. The lowest BCUT2D eigenvalue weighted by atomic mass is 9.79. The number of aryl methyl sites for hydroxylation is 1. The summed E-state index contributed by atoms with van der Waals surface area (Å²) in [6.07, 6.45) is 5.54. The van der Waals surface area contributed by atoms with Crippen LogP contribution in [0.25, 0.3) is 0 Å². The second kappa shape index (κ2) is 9.53. The highest BCUT2D eigenvalue weighted by Gasteiger charge is 2.34. The van der Waals surface area contributed by atoms with Crippen LogP contribution in [0.3, 0.4) is 0 Å². The van der Waals surface area contributed by atoms with Crippen LogP contribution in [0.2, 0.25) is 0 Å². The molecule has 0 amide bonds. The molecule has 2 heteroatoms. The number of ketones is 1. The SMILES string of the molecule is CC(C)CC(=O)C(N)(CCCCCc1ccccc1)c1ccccc1. The lowest BCUT2D eigenvalue weighted by Crippen LogP contribution is -2.45. The second-order valence-corrected chi connectivity index (χ2v) is 7.40. The number of nitrogens with two attached hydrogens (primary N) is 1. The summed E-state index contributed by atoms with van der Waals surface area (Å²) in [4.78, 5) is 12.8. The number of hydrogen-bond acceptors (Lipinski definition) is 2. The topological polar surface area (TPSA) is 43.1 Å². The number of carbonyl (C=O) groups excluding carboxylic acids is 1. The zero-order valence-electron chi connectivity index (χ0n) is 15.6. The first kappa shape index (κ1) is 19.4. The predicted octanol–water partition coefficient (Wildman–Crippen LogP) is 5.26. The van der Waals surface area contributed by atoms with Crippen molar-refractivity contribution >= 4 is 5.78 Å². The molecule has 0 bridgehead atoms. The first-order chi connectivity index (χ1) is 12.0. The number of carbonyl (C=O) groups is 1. The van der Waals surface area contributed by atoms with Crippen molar-refractivity contribution in [3.63, 3.8) is 0 Å². The predicted molar refractivity (Wildman–Crippen MR) is 105 cm³/mol. The highest BCUT2D eigenvalue weighted by Crippen LogP contribution is 2.28. The molecule has 2 nitrogen and oxygen atoms in total. The van der Waals surface area contributed by atoms with E-state index in [4.69, 9.17) is 5.73 Å². The molecule has 0 aliphatic rings. The van der Waals surface area contributed by atoms with Gasteiger partial charge in [0.2, 0.25) is 0 Å². The first-order valence-electron chi connectivity index (χ1n) is 9.44. The average molecular weight is 338 g/mol. The fourth-order valence-corrected chi connectivity index (χ4v) is 3.29. The van der Waals surface area contributed by atoms with E-state index in [0.717, 1.165) is 37.7 Å². The Morgan fingerprint density at radius 3 is 2.12 bits per heavy atom. The number of rotatable bonds is 10. The fourth-order valence-electron chi connectivity index (χ4n) is 3.29. The molecule has 25 heavy (non-hydrogen) atoms. The zero-order chi connectivity index (χ0) is 18.1. The number of Topliss-reactive ketones (excluding diaryl/α,β-unsaturated/α-hetero) is 1. The molecule has 2 N–H and O–H groups in total. The number of benzene rings is 2. The van der Waals surface area contributed by atoms with E-state index in [0.29, 0.717) is 12.3 Å². The Labute approximate surface area is 152 Å². The van der Waals surface area contributed by atoms with E-state index in [1.807, 2.05) is 36.4 Å². The van der Waals surface area contributed by atoms with Gasteiger partial charge in [-0.25, -0.2) is 0 Å². The van der Waals surface area contributed by atoms with E-state index in [2.05, 4.69) is 38.1 Å². The Hall–Kier alpha value is -1.93. The molecule has 2 aromatic carbocycles. The molecule has 2 rings (SSSR count). The van der Waals surface area contributed by atoms with Crippen LogP contribution >= 0.6 is 0 Å². The summed E-state index contributed by atoms with van der Waals surface area (Å²) in [6.45, 7) is 4.15. The van der Waals surface area contributed by atoms with Crippen molar-refractivity contribution in [1.82, 2.24) is 0 Å². The molecule has 1 unspecified atom stereocenters. The minimum Gasteiger partial charge on any atom is -0.315 e. The zero-order valence-corrected chi connectivity index (χ0v) is 15.6. The van der Waals surface area contributed by atoms with Crippen LogP contribution in [-0.4, -0.2) is 5.78 Å². The number of hydrogen-bond donors (Lipinski definition) is 1. The van der Waals surface area contributed by atoms with E-state index in [1.54, 1.807) is 0 Å². The maximum absolute atomic E-state index is 12.8. The molecule has 0 aliphatic carbocycles. The van der Waals surface area contributed by atoms with E-state index in [1.165, 1.54) is 5.56 Å². The third kappa shape index (κ3) is 5.82. The van der Waals surface area contributed by atoms with Gasteiger partial charge in [0.25, 0.3) is 0 Å². The minimum absolute atomic E-state index is 0.164.